The van der Waals surface area contributed by atoms with E-state index in [4.69, 9.17) is 11.6 Å². The normalized spacial score (nSPS) is 10.3. The Labute approximate surface area is 212 Å². The Balaban J connectivity index is 1.68. The van der Waals surface area contributed by atoms with Crippen LogP contribution in [-0.2, 0) is 6.54 Å². The number of aromatic nitrogens is 1. The predicted octanol–water partition coefficient (Wildman–Crippen LogP) is 6.90. The molecule has 0 saturated carbocycles. The summed E-state index contributed by atoms with van der Waals surface area (Å²) in [6.45, 7) is 0.355. The summed E-state index contributed by atoms with van der Waals surface area (Å²) in [6, 6.07) is 28.7. The van der Waals surface area contributed by atoms with Crippen molar-refractivity contribution in [2.45, 2.75) is 6.54 Å². The second kappa shape index (κ2) is 9.95. The van der Waals surface area contributed by atoms with Gasteiger partial charge < -0.3 is 9.67 Å². The van der Waals surface area contributed by atoms with Gasteiger partial charge in [0.25, 0.3) is 0 Å². The van der Waals surface area contributed by atoms with Gasteiger partial charge in [-0.2, -0.15) is 0 Å². The van der Waals surface area contributed by atoms with E-state index in [1.165, 1.54) is 11.3 Å². The number of benzene rings is 3. The lowest BCUT2D eigenvalue weighted by Gasteiger charge is -2.08. The van der Waals surface area contributed by atoms with E-state index < -0.39 is 5.97 Å². The zero-order valence-electron chi connectivity index (χ0n) is 18.5. The number of aromatic carboxylic acids is 1. The molecular weight excluding hydrogens is 474 g/mol. The fourth-order valence-electron chi connectivity index (χ4n) is 3.82. The molecule has 0 unspecified atom stereocenters. The summed E-state index contributed by atoms with van der Waals surface area (Å²) in [7, 11) is 0. The SMILES string of the molecule is O=C(O)c1c(C#Cc2ccccc2)c2sc(C#Cc3ccccc3)cc2n1Cc1cccc(Cl)c1. The molecule has 0 aliphatic carbocycles. The summed E-state index contributed by atoms with van der Waals surface area (Å²) in [5.41, 5.74) is 4.10. The first kappa shape index (κ1) is 22.6. The number of hydrogen-bond donors (Lipinski definition) is 1. The fraction of sp³-hybridized carbons (Fsp3) is 0.0333. The maximum Gasteiger partial charge on any atom is 0.353 e. The molecule has 0 spiro atoms. The smallest absolute Gasteiger partial charge is 0.353 e. The number of hydrogen-bond acceptors (Lipinski definition) is 2. The zero-order valence-corrected chi connectivity index (χ0v) is 20.0. The Kier molecular flexibility index (Phi) is 6.42. The zero-order chi connectivity index (χ0) is 24.2. The highest BCUT2D eigenvalue weighted by Crippen LogP contribution is 2.34. The number of carboxylic acid groups (broad SMARTS) is 1. The van der Waals surface area contributed by atoms with Crippen LogP contribution in [-0.4, -0.2) is 15.6 Å². The van der Waals surface area contributed by atoms with Crippen LogP contribution >= 0.6 is 22.9 Å². The molecule has 0 fully saturated rings. The van der Waals surface area contributed by atoms with Crippen molar-refractivity contribution >= 4 is 39.1 Å². The molecule has 5 rings (SSSR count). The van der Waals surface area contributed by atoms with Gasteiger partial charge in [-0.1, -0.05) is 83.8 Å². The number of rotatable bonds is 3. The van der Waals surface area contributed by atoms with Crippen LogP contribution < -0.4 is 0 Å². The maximum absolute atomic E-state index is 12.4. The first-order valence-electron chi connectivity index (χ1n) is 10.9. The average molecular weight is 492 g/mol. The fourth-order valence-corrected chi connectivity index (χ4v) is 5.05. The molecule has 0 aliphatic rings. The molecule has 1 N–H and O–H groups in total. The van der Waals surface area contributed by atoms with E-state index in [2.05, 4.69) is 23.7 Å². The van der Waals surface area contributed by atoms with Crippen LogP contribution in [0.5, 0.6) is 0 Å². The summed E-state index contributed by atoms with van der Waals surface area (Å²) in [4.78, 5) is 13.3. The van der Waals surface area contributed by atoms with E-state index in [0.29, 0.717) is 17.1 Å². The Morgan fingerprint density at radius 3 is 2.11 bits per heavy atom. The third-order valence-electron chi connectivity index (χ3n) is 5.38. The van der Waals surface area contributed by atoms with Crippen LogP contribution in [0.2, 0.25) is 5.02 Å². The quantitative estimate of drug-likeness (QED) is 0.279. The van der Waals surface area contributed by atoms with E-state index in [9.17, 15) is 9.90 Å². The third-order valence-corrected chi connectivity index (χ3v) is 6.67. The van der Waals surface area contributed by atoms with Gasteiger partial charge in [0.15, 0.2) is 0 Å². The highest BCUT2D eigenvalue weighted by molar-refractivity contribution is 7.19. The topological polar surface area (TPSA) is 42.2 Å². The highest BCUT2D eigenvalue weighted by atomic mass is 35.5. The average Bonchev–Trinajstić information content (AvgIpc) is 3.40. The van der Waals surface area contributed by atoms with Crippen LogP contribution in [0.4, 0.5) is 0 Å². The molecular formula is C30H18ClNO2S. The Morgan fingerprint density at radius 2 is 1.49 bits per heavy atom. The van der Waals surface area contributed by atoms with E-state index >= 15 is 0 Å². The van der Waals surface area contributed by atoms with Crippen LogP contribution in [0, 0.1) is 23.7 Å². The highest BCUT2D eigenvalue weighted by Gasteiger charge is 2.24. The molecule has 2 aromatic heterocycles. The number of carbonyl (C=O) groups is 1. The summed E-state index contributed by atoms with van der Waals surface area (Å²) in [5, 5.41) is 10.8. The predicted molar refractivity (Wildman–Crippen MR) is 142 cm³/mol. The minimum atomic E-state index is -1.02. The molecule has 0 aliphatic heterocycles. The van der Waals surface area contributed by atoms with E-state index in [1.807, 2.05) is 84.9 Å². The van der Waals surface area contributed by atoms with Gasteiger partial charge in [0.2, 0.25) is 0 Å². The van der Waals surface area contributed by atoms with Crippen molar-refractivity contribution in [3.05, 3.63) is 129 Å². The van der Waals surface area contributed by atoms with Gasteiger partial charge >= 0.3 is 5.97 Å². The number of carboxylic acids is 1. The summed E-state index contributed by atoms with van der Waals surface area (Å²) in [5.74, 6) is 11.7. The maximum atomic E-state index is 12.4. The minimum Gasteiger partial charge on any atom is -0.477 e. The van der Waals surface area contributed by atoms with E-state index in [1.54, 1.807) is 10.6 Å². The monoisotopic (exact) mass is 491 g/mol. The number of halogens is 1. The molecule has 2 heterocycles. The summed E-state index contributed by atoms with van der Waals surface area (Å²) < 4.78 is 2.60. The van der Waals surface area contributed by atoms with Crippen molar-refractivity contribution < 1.29 is 9.90 Å². The molecule has 0 amide bonds. The Morgan fingerprint density at radius 1 is 0.829 bits per heavy atom. The van der Waals surface area contributed by atoms with Crippen molar-refractivity contribution in [3.8, 4) is 23.7 Å². The molecule has 35 heavy (non-hydrogen) atoms. The summed E-state index contributed by atoms with van der Waals surface area (Å²) in [6.07, 6.45) is 0. The molecule has 3 nitrogen and oxygen atoms in total. The van der Waals surface area contributed by atoms with Crippen molar-refractivity contribution in [1.82, 2.24) is 4.57 Å². The van der Waals surface area contributed by atoms with Crippen LogP contribution in [0.3, 0.4) is 0 Å². The Bertz CT molecular complexity index is 1660. The lowest BCUT2D eigenvalue weighted by atomic mass is 10.2. The van der Waals surface area contributed by atoms with Crippen LogP contribution in [0.1, 0.15) is 37.6 Å². The van der Waals surface area contributed by atoms with Gasteiger partial charge in [0, 0.05) is 22.7 Å². The molecule has 3 aromatic carbocycles. The van der Waals surface area contributed by atoms with Crippen LogP contribution in [0.25, 0.3) is 10.2 Å². The van der Waals surface area contributed by atoms with Crippen LogP contribution in [0.15, 0.2) is 91.0 Å². The standard InChI is InChI=1S/C30H18ClNO2S/c31-24-13-7-12-23(18-24)20-32-27-19-25(16-14-21-8-3-1-4-9-21)35-29(27)26(28(32)30(33)34)17-15-22-10-5-2-6-11-22/h1-13,18-19H,20H2,(H,33,34). The van der Waals surface area contributed by atoms with E-state index in [-0.39, 0.29) is 5.69 Å². The first-order valence-corrected chi connectivity index (χ1v) is 12.1. The second-order valence-corrected chi connectivity index (χ2v) is 9.29. The van der Waals surface area contributed by atoms with Gasteiger partial charge in [-0.25, -0.2) is 4.79 Å². The summed E-state index contributed by atoms with van der Waals surface area (Å²) >= 11 is 7.65. The van der Waals surface area contributed by atoms with Gasteiger partial charge in [-0.3, -0.25) is 0 Å². The molecule has 0 atom stereocenters. The number of thiophene rings is 1. The number of fused-ring (bicyclic) bond motifs is 1. The van der Waals surface area contributed by atoms with Crippen molar-refractivity contribution in [3.63, 3.8) is 0 Å². The minimum absolute atomic E-state index is 0.164. The van der Waals surface area contributed by atoms with Gasteiger partial charge in [-0.05, 0) is 48.0 Å². The van der Waals surface area contributed by atoms with Crippen molar-refractivity contribution in [1.29, 1.82) is 0 Å². The molecule has 168 valence electrons. The Hall–Kier alpha value is -4.22. The van der Waals surface area contributed by atoms with Crippen molar-refractivity contribution in [2.75, 3.05) is 0 Å². The number of nitrogens with zero attached hydrogens (tertiary/aromatic N) is 1. The third kappa shape index (κ3) is 5.00. The molecule has 0 bridgehead atoms. The van der Waals surface area contributed by atoms with Gasteiger partial charge in [0.05, 0.1) is 20.7 Å². The lowest BCUT2D eigenvalue weighted by Crippen LogP contribution is -2.11. The van der Waals surface area contributed by atoms with E-state index in [0.717, 1.165) is 31.8 Å². The first-order chi connectivity index (χ1) is 17.1. The largest absolute Gasteiger partial charge is 0.477 e. The van der Waals surface area contributed by atoms with Crippen molar-refractivity contribution in [2.24, 2.45) is 0 Å². The molecule has 5 aromatic rings. The second-order valence-electron chi connectivity index (χ2n) is 7.80. The molecule has 0 saturated heterocycles. The van der Waals surface area contributed by atoms with Gasteiger partial charge in [-0.15, -0.1) is 11.3 Å². The molecule has 5 heteroatoms. The van der Waals surface area contributed by atoms with Gasteiger partial charge in [0.1, 0.15) is 5.69 Å². The lowest BCUT2D eigenvalue weighted by molar-refractivity contribution is 0.0686. The molecule has 0 radical (unpaired) electrons.